The van der Waals surface area contributed by atoms with Crippen molar-refractivity contribution in [1.29, 1.82) is 0 Å². The predicted molar refractivity (Wildman–Crippen MR) is 145 cm³/mol. The summed E-state index contributed by atoms with van der Waals surface area (Å²) in [5.41, 5.74) is 2.85. The van der Waals surface area contributed by atoms with E-state index in [1.54, 1.807) is 24.3 Å². The van der Waals surface area contributed by atoms with Gasteiger partial charge in [0.25, 0.3) is 0 Å². The molecule has 1 aliphatic carbocycles. The highest BCUT2D eigenvalue weighted by molar-refractivity contribution is 5.67. The molecule has 6 heteroatoms. The van der Waals surface area contributed by atoms with Gasteiger partial charge >= 0.3 is 0 Å². The highest BCUT2D eigenvalue weighted by atomic mass is 19.2. The van der Waals surface area contributed by atoms with Gasteiger partial charge < -0.3 is 4.74 Å². The van der Waals surface area contributed by atoms with Gasteiger partial charge in [-0.3, -0.25) is 0 Å². The number of rotatable bonds is 11. The average Bonchev–Trinajstić information content (AvgIpc) is 2.94. The van der Waals surface area contributed by atoms with Gasteiger partial charge in [-0.15, -0.1) is 0 Å². The van der Waals surface area contributed by atoms with Crippen molar-refractivity contribution in [2.45, 2.75) is 77.6 Å². The lowest BCUT2D eigenvalue weighted by atomic mass is 9.82. The first kappa shape index (κ1) is 28.8. The Kier molecular flexibility index (Phi) is 9.82. The van der Waals surface area contributed by atoms with Gasteiger partial charge in [0.05, 0.1) is 6.61 Å². The molecule has 3 aromatic rings. The Morgan fingerprint density at radius 2 is 1.64 bits per heavy atom. The van der Waals surface area contributed by atoms with E-state index in [4.69, 9.17) is 4.74 Å². The van der Waals surface area contributed by atoms with Crippen LogP contribution in [0.3, 0.4) is 0 Å². The quantitative estimate of drug-likeness (QED) is 0.173. The minimum atomic E-state index is -0.986. The number of ether oxygens (including phenoxy) is 1. The third-order valence-corrected chi connectivity index (χ3v) is 7.60. The molecule has 0 fully saturated rings. The van der Waals surface area contributed by atoms with Crippen molar-refractivity contribution in [3.63, 3.8) is 0 Å². The number of benzene rings is 3. The summed E-state index contributed by atoms with van der Waals surface area (Å²) < 4.78 is 78.0. The SMILES string of the molecule is CCCCCCOc1ccc(CCc2ccc(C3=CCC(c4ccc(C)c(F)c4F)CC3)c(F)c2)c(F)c1F. The van der Waals surface area contributed by atoms with Crippen LogP contribution in [0.5, 0.6) is 5.75 Å². The molecule has 0 heterocycles. The summed E-state index contributed by atoms with van der Waals surface area (Å²) in [6, 6.07) is 11.1. The molecule has 0 spiro atoms. The van der Waals surface area contributed by atoms with Crippen LogP contribution in [0, 0.1) is 36.0 Å². The number of halogens is 5. The molecule has 1 aliphatic rings. The summed E-state index contributed by atoms with van der Waals surface area (Å²) in [5.74, 6) is -4.14. The van der Waals surface area contributed by atoms with Crippen molar-refractivity contribution >= 4 is 5.57 Å². The van der Waals surface area contributed by atoms with Crippen molar-refractivity contribution in [3.8, 4) is 5.75 Å². The molecule has 1 nitrogen and oxygen atoms in total. The van der Waals surface area contributed by atoms with Crippen molar-refractivity contribution in [1.82, 2.24) is 0 Å². The predicted octanol–water partition coefficient (Wildman–Crippen LogP) is 9.79. The van der Waals surface area contributed by atoms with Crippen LogP contribution < -0.4 is 4.74 Å². The van der Waals surface area contributed by atoms with E-state index in [1.165, 1.54) is 25.1 Å². The molecular formula is C33H35F5O. The first-order valence-corrected chi connectivity index (χ1v) is 13.8. The summed E-state index contributed by atoms with van der Waals surface area (Å²) in [6.07, 6.45) is 8.06. The third-order valence-electron chi connectivity index (χ3n) is 7.60. The van der Waals surface area contributed by atoms with Gasteiger partial charge in [-0.1, -0.05) is 62.6 Å². The van der Waals surface area contributed by atoms with Crippen LogP contribution in [-0.2, 0) is 12.8 Å². The second-order valence-electron chi connectivity index (χ2n) is 10.4. The first-order valence-electron chi connectivity index (χ1n) is 13.8. The van der Waals surface area contributed by atoms with E-state index in [0.29, 0.717) is 49.0 Å². The van der Waals surface area contributed by atoms with Gasteiger partial charge in [0.15, 0.2) is 23.2 Å². The lowest BCUT2D eigenvalue weighted by Gasteiger charge is -2.23. The van der Waals surface area contributed by atoms with E-state index in [-0.39, 0.29) is 35.0 Å². The number of unbranched alkanes of at least 4 members (excludes halogenated alkanes) is 3. The molecule has 0 aromatic heterocycles. The molecular weight excluding hydrogens is 507 g/mol. The van der Waals surface area contributed by atoms with Crippen molar-refractivity contribution < 1.29 is 26.7 Å². The Morgan fingerprint density at radius 1 is 0.821 bits per heavy atom. The highest BCUT2D eigenvalue weighted by Gasteiger charge is 2.23. The molecule has 0 N–H and O–H groups in total. The molecule has 0 amide bonds. The number of aryl methyl sites for hydroxylation is 3. The smallest absolute Gasteiger partial charge is 0.200 e. The molecule has 3 aromatic carbocycles. The van der Waals surface area contributed by atoms with E-state index < -0.39 is 23.3 Å². The number of allylic oxidation sites excluding steroid dienone is 2. The maximum atomic E-state index is 15.0. The Morgan fingerprint density at radius 3 is 2.36 bits per heavy atom. The maximum Gasteiger partial charge on any atom is 0.200 e. The lowest BCUT2D eigenvalue weighted by molar-refractivity contribution is 0.284. The summed E-state index contributed by atoms with van der Waals surface area (Å²) in [6.45, 7) is 3.98. The molecule has 0 saturated heterocycles. The van der Waals surface area contributed by atoms with Gasteiger partial charge in [0.2, 0.25) is 5.82 Å². The summed E-state index contributed by atoms with van der Waals surface area (Å²) in [7, 11) is 0. The van der Waals surface area contributed by atoms with Crippen LogP contribution in [0.1, 0.15) is 85.6 Å². The fourth-order valence-corrected chi connectivity index (χ4v) is 5.18. The van der Waals surface area contributed by atoms with Gasteiger partial charge in [-0.25, -0.2) is 17.6 Å². The normalized spacial score (nSPS) is 15.4. The van der Waals surface area contributed by atoms with Crippen LogP contribution in [0.25, 0.3) is 5.57 Å². The molecule has 0 bridgehead atoms. The monoisotopic (exact) mass is 542 g/mol. The molecule has 0 aliphatic heterocycles. The first-order chi connectivity index (χ1) is 18.8. The zero-order chi connectivity index (χ0) is 27.9. The topological polar surface area (TPSA) is 9.23 Å². The fourth-order valence-electron chi connectivity index (χ4n) is 5.18. The minimum absolute atomic E-state index is 0.0820. The highest BCUT2D eigenvalue weighted by Crippen LogP contribution is 2.38. The van der Waals surface area contributed by atoms with Crippen LogP contribution in [-0.4, -0.2) is 6.61 Å². The maximum absolute atomic E-state index is 15.0. The van der Waals surface area contributed by atoms with Crippen molar-refractivity contribution in [2.75, 3.05) is 6.61 Å². The zero-order valence-electron chi connectivity index (χ0n) is 22.6. The van der Waals surface area contributed by atoms with Crippen LogP contribution >= 0.6 is 0 Å². The van der Waals surface area contributed by atoms with Gasteiger partial charge in [-0.05, 0) is 91.3 Å². The van der Waals surface area contributed by atoms with E-state index in [1.807, 2.05) is 6.08 Å². The molecule has 1 unspecified atom stereocenters. The van der Waals surface area contributed by atoms with Crippen LogP contribution in [0.4, 0.5) is 22.0 Å². The summed E-state index contributed by atoms with van der Waals surface area (Å²) in [4.78, 5) is 0. The largest absolute Gasteiger partial charge is 0.490 e. The lowest BCUT2D eigenvalue weighted by Crippen LogP contribution is -2.08. The second kappa shape index (κ2) is 13.3. The van der Waals surface area contributed by atoms with E-state index >= 15 is 4.39 Å². The third kappa shape index (κ3) is 6.90. The Balaban J connectivity index is 1.36. The number of hydrogen-bond donors (Lipinski definition) is 0. The van der Waals surface area contributed by atoms with Crippen LogP contribution in [0.15, 0.2) is 48.5 Å². The minimum Gasteiger partial charge on any atom is -0.490 e. The fraction of sp³-hybridized carbons (Fsp3) is 0.394. The molecule has 39 heavy (non-hydrogen) atoms. The van der Waals surface area contributed by atoms with Crippen molar-refractivity contribution in [2.24, 2.45) is 0 Å². The molecule has 0 radical (unpaired) electrons. The van der Waals surface area contributed by atoms with Gasteiger partial charge in [0, 0.05) is 5.56 Å². The van der Waals surface area contributed by atoms with E-state index in [2.05, 4.69) is 6.92 Å². The van der Waals surface area contributed by atoms with E-state index in [9.17, 15) is 17.6 Å². The zero-order valence-corrected chi connectivity index (χ0v) is 22.6. The average molecular weight is 543 g/mol. The number of hydrogen-bond acceptors (Lipinski definition) is 1. The molecule has 1 atom stereocenters. The van der Waals surface area contributed by atoms with Crippen LogP contribution in [0.2, 0.25) is 0 Å². The van der Waals surface area contributed by atoms with Crippen molar-refractivity contribution in [3.05, 3.63) is 105 Å². The molecule has 0 saturated carbocycles. The molecule has 4 rings (SSSR count). The van der Waals surface area contributed by atoms with Gasteiger partial charge in [-0.2, -0.15) is 4.39 Å². The second-order valence-corrected chi connectivity index (χ2v) is 10.4. The Hall–Kier alpha value is -3.15. The summed E-state index contributed by atoms with van der Waals surface area (Å²) in [5, 5.41) is 0. The Bertz CT molecular complexity index is 1330. The molecule has 208 valence electrons. The standard InChI is InChI=1S/C33H35F5O/c1-3-4-5-6-19-39-29-18-15-25(31(36)33(29)38)10-8-22-9-17-26(28(34)20-22)23-11-13-24(14-12-23)27-16-7-21(2)30(35)32(27)37/h7,9,11,15-18,20,24H,3-6,8,10,12-14,19H2,1-2H3. The summed E-state index contributed by atoms with van der Waals surface area (Å²) >= 11 is 0. The van der Waals surface area contributed by atoms with E-state index in [0.717, 1.165) is 31.3 Å². The van der Waals surface area contributed by atoms with Gasteiger partial charge in [0.1, 0.15) is 5.82 Å². The Labute approximate surface area is 227 Å².